The molecule has 0 atom stereocenters. The standard InChI is InChI=1S/C16H17ClN2O/c1-11-14(16(20)18-2)4-3-5-15(11)19-10-12-6-8-13(17)9-7-12/h3-9,19H,10H2,1-2H3,(H,18,20). The van der Waals surface area contributed by atoms with Crippen LogP contribution < -0.4 is 10.6 Å². The highest BCUT2D eigenvalue weighted by Gasteiger charge is 2.09. The molecule has 0 aromatic heterocycles. The Morgan fingerprint density at radius 2 is 1.85 bits per heavy atom. The van der Waals surface area contributed by atoms with E-state index in [1.807, 2.05) is 49.4 Å². The van der Waals surface area contributed by atoms with E-state index in [0.29, 0.717) is 12.1 Å². The van der Waals surface area contributed by atoms with Gasteiger partial charge in [-0.05, 0) is 42.3 Å². The molecule has 0 aliphatic heterocycles. The third kappa shape index (κ3) is 3.31. The Labute approximate surface area is 124 Å². The second-order valence-electron chi connectivity index (χ2n) is 4.54. The van der Waals surface area contributed by atoms with E-state index in [-0.39, 0.29) is 5.91 Å². The summed E-state index contributed by atoms with van der Waals surface area (Å²) in [5.74, 6) is -0.0716. The van der Waals surface area contributed by atoms with E-state index in [1.54, 1.807) is 7.05 Å². The zero-order valence-corrected chi connectivity index (χ0v) is 12.3. The molecule has 3 nitrogen and oxygen atoms in total. The van der Waals surface area contributed by atoms with Crippen LogP contribution in [0.4, 0.5) is 5.69 Å². The number of rotatable bonds is 4. The smallest absolute Gasteiger partial charge is 0.251 e. The van der Waals surface area contributed by atoms with Gasteiger partial charge in [0.2, 0.25) is 0 Å². The molecule has 0 saturated heterocycles. The lowest BCUT2D eigenvalue weighted by Crippen LogP contribution is -2.19. The topological polar surface area (TPSA) is 41.1 Å². The van der Waals surface area contributed by atoms with Crippen molar-refractivity contribution in [3.05, 3.63) is 64.2 Å². The van der Waals surface area contributed by atoms with Crippen molar-refractivity contribution in [3.63, 3.8) is 0 Å². The van der Waals surface area contributed by atoms with Crippen LogP contribution in [-0.4, -0.2) is 13.0 Å². The Hall–Kier alpha value is -2.00. The normalized spacial score (nSPS) is 10.2. The van der Waals surface area contributed by atoms with Crippen molar-refractivity contribution in [2.45, 2.75) is 13.5 Å². The third-order valence-electron chi connectivity index (χ3n) is 3.20. The summed E-state index contributed by atoms with van der Waals surface area (Å²) in [6.07, 6.45) is 0. The van der Waals surface area contributed by atoms with E-state index < -0.39 is 0 Å². The monoisotopic (exact) mass is 288 g/mol. The molecule has 1 amide bonds. The minimum absolute atomic E-state index is 0.0716. The Bertz CT molecular complexity index is 608. The molecule has 104 valence electrons. The van der Waals surface area contributed by atoms with Crippen LogP contribution in [0.2, 0.25) is 5.02 Å². The molecular formula is C16H17ClN2O. The van der Waals surface area contributed by atoms with Crippen molar-refractivity contribution < 1.29 is 4.79 Å². The largest absolute Gasteiger partial charge is 0.381 e. The first-order chi connectivity index (χ1) is 9.61. The van der Waals surface area contributed by atoms with Crippen LogP contribution in [0, 0.1) is 6.92 Å². The highest BCUT2D eigenvalue weighted by Crippen LogP contribution is 2.20. The van der Waals surface area contributed by atoms with Crippen molar-refractivity contribution in [1.82, 2.24) is 5.32 Å². The number of hydrogen-bond donors (Lipinski definition) is 2. The molecule has 0 radical (unpaired) electrons. The fraction of sp³-hybridized carbons (Fsp3) is 0.188. The van der Waals surface area contributed by atoms with Gasteiger partial charge in [-0.15, -0.1) is 0 Å². The zero-order valence-electron chi connectivity index (χ0n) is 11.5. The van der Waals surface area contributed by atoms with E-state index in [4.69, 9.17) is 11.6 Å². The van der Waals surface area contributed by atoms with Gasteiger partial charge in [0.1, 0.15) is 0 Å². The molecule has 2 aromatic carbocycles. The summed E-state index contributed by atoms with van der Waals surface area (Å²) in [6, 6.07) is 13.4. The van der Waals surface area contributed by atoms with Crippen molar-refractivity contribution >= 4 is 23.2 Å². The van der Waals surface area contributed by atoms with Crippen LogP contribution in [-0.2, 0) is 6.54 Å². The number of halogens is 1. The number of nitrogens with one attached hydrogen (secondary N) is 2. The van der Waals surface area contributed by atoms with Crippen LogP contribution in [0.5, 0.6) is 0 Å². The van der Waals surface area contributed by atoms with Gasteiger partial charge < -0.3 is 10.6 Å². The maximum atomic E-state index is 11.7. The van der Waals surface area contributed by atoms with Crippen LogP contribution in [0.25, 0.3) is 0 Å². The molecule has 2 rings (SSSR count). The minimum Gasteiger partial charge on any atom is -0.381 e. The molecule has 0 aliphatic carbocycles. The van der Waals surface area contributed by atoms with Crippen molar-refractivity contribution in [2.24, 2.45) is 0 Å². The summed E-state index contributed by atoms with van der Waals surface area (Å²) < 4.78 is 0. The Balaban J connectivity index is 2.13. The zero-order chi connectivity index (χ0) is 14.5. The number of hydrogen-bond acceptors (Lipinski definition) is 2. The maximum Gasteiger partial charge on any atom is 0.251 e. The average molecular weight is 289 g/mol. The van der Waals surface area contributed by atoms with Crippen LogP contribution in [0.3, 0.4) is 0 Å². The average Bonchev–Trinajstić information content (AvgIpc) is 2.47. The van der Waals surface area contributed by atoms with E-state index in [2.05, 4.69) is 10.6 Å². The van der Waals surface area contributed by atoms with Gasteiger partial charge >= 0.3 is 0 Å². The molecule has 20 heavy (non-hydrogen) atoms. The first-order valence-electron chi connectivity index (χ1n) is 6.42. The maximum absolute atomic E-state index is 11.7. The molecule has 0 heterocycles. The summed E-state index contributed by atoms with van der Waals surface area (Å²) in [6.45, 7) is 2.63. The van der Waals surface area contributed by atoms with Gasteiger partial charge in [0, 0.05) is 29.9 Å². The van der Waals surface area contributed by atoms with Crippen LogP contribution >= 0.6 is 11.6 Å². The molecule has 2 N–H and O–H groups in total. The number of amides is 1. The SMILES string of the molecule is CNC(=O)c1cccc(NCc2ccc(Cl)cc2)c1C. The molecule has 0 spiro atoms. The molecule has 0 unspecified atom stereocenters. The molecule has 0 saturated carbocycles. The lowest BCUT2D eigenvalue weighted by atomic mass is 10.1. The van der Waals surface area contributed by atoms with E-state index >= 15 is 0 Å². The van der Waals surface area contributed by atoms with Crippen LogP contribution in [0.1, 0.15) is 21.5 Å². The Morgan fingerprint density at radius 3 is 2.50 bits per heavy atom. The van der Waals surface area contributed by atoms with Gasteiger partial charge in [-0.1, -0.05) is 29.8 Å². The number of benzene rings is 2. The van der Waals surface area contributed by atoms with Gasteiger partial charge in [0.25, 0.3) is 5.91 Å². The quantitative estimate of drug-likeness (QED) is 0.902. The minimum atomic E-state index is -0.0716. The number of anilines is 1. The summed E-state index contributed by atoms with van der Waals surface area (Å²) in [5.41, 5.74) is 3.73. The second-order valence-corrected chi connectivity index (χ2v) is 4.97. The summed E-state index contributed by atoms with van der Waals surface area (Å²) in [4.78, 5) is 11.7. The first-order valence-corrected chi connectivity index (χ1v) is 6.79. The van der Waals surface area contributed by atoms with Crippen molar-refractivity contribution in [1.29, 1.82) is 0 Å². The molecule has 2 aromatic rings. The molecule has 0 aliphatic rings. The Kier molecular flexibility index (Phi) is 4.64. The third-order valence-corrected chi connectivity index (χ3v) is 3.45. The molecular weight excluding hydrogens is 272 g/mol. The Morgan fingerprint density at radius 1 is 1.15 bits per heavy atom. The van der Waals surface area contributed by atoms with E-state index in [9.17, 15) is 4.79 Å². The van der Waals surface area contributed by atoms with Crippen LogP contribution in [0.15, 0.2) is 42.5 Å². The fourth-order valence-electron chi connectivity index (χ4n) is 2.01. The highest BCUT2D eigenvalue weighted by atomic mass is 35.5. The molecule has 0 fully saturated rings. The predicted molar refractivity (Wildman–Crippen MR) is 83.3 cm³/mol. The van der Waals surface area contributed by atoms with Gasteiger partial charge in [0.15, 0.2) is 0 Å². The fourth-order valence-corrected chi connectivity index (χ4v) is 2.13. The molecule has 4 heteroatoms. The van der Waals surface area contributed by atoms with Gasteiger partial charge in [-0.3, -0.25) is 4.79 Å². The predicted octanol–water partition coefficient (Wildman–Crippen LogP) is 3.62. The van der Waals surface area contributed by atoms with Crippen molar-refractivity contribution in [3.8, 4) is 0 Å². The summed E-state index contributed by atoms with van der Waals surface area (Å²) in [5, 5.41) is 6.72. The van der Waals surface area contributed by atoms with Crippen molar-refractivity contribution in [2.75, 3.05) is 12.4 Å². The molecule has 0 bridgehead atoms. The lowest BCUT2D eigenvalue weighted by molar-refractivity contribution is 0.0962. The highest BCUT2D eigenvalue weighted by molar-refractivity contribution is 6.30. The number of carbonyl (C=O) groups excluding carboxylic acids is 1. The summed E-state index contributed by atoms with van der Waals surface area (Å²) >= 11 is 5.86. The van der Waals surface area contributed by atoms with Gasteiger partial charge in [-0.2, -0.15) is 0 Å². The first kappa shape index (κ1) is 14.4. The van der Waals surface area contributed by atoms with E-state index in [1.165, 1.54) is 0 Å². The van der Waals surface area contributed by atoms with E-state index in [0.717, 1.165) is 21.8 Å². The van der Waals surface area contributed by atoms with Gasteiger partial charge in [0.05, 0.1) is 0 Å². The number of carbonyl (C=O) groups is 1. The lowest BCUT2D eigenvalue weighted by Gasteiger charge is -2.12. The second kappa shape index (κ2) is 6.44. The van der Waals surface area contributed by atoms with Gasteiger partial charge in [-0.25, -0.2) is 0 Å². The summed E-state index contributed by atoms with van der Waals surface area (Å²) in [7, 11) is 1.63.